The molecule has 0 unspecified atom stereocenters. The van der Waals surface area contributed by atoms with Gasteiger partial charge in [-0.2, -0.15) is 0 Å². The first-order valence-electron chi connectivity index (χ1n) is 9.26. The molecule has 1 rings (SSSR count). The number of carboxylic acids is 1. The Kier molecular flexibility index (Phi) is 9.70. The number of benzene rings is 1. The number of alkyl carbamates (subject to hydrolysis) is 1. The summed E-state index contributed by atoms with van der Waals surface area (Å²) in [4.78, 5) is 47.3. The predicted octanol–water partition coefficient (Wildman–Crippen LogP) is 2.27. The third-order valence-electron chi connectivity index (χ3n) is 4.16. The average Bonchev–Trinajstić information content (AvgIpc) is 2.67. The normalized spacial score (nSPS) is 12.7. The average molecular weight is 392 g/mol. The highest BCUT2D eigenvalue weighted by atomic mass is 16.5. The summed E-state index contributed by atoms with van der Waals surface area (Å²) in [7, 11) is 0. The highest BCUT2D eigenvalue weighted by Gasteiger charge is 2.29. The Bertz CT molecular complexity index is 675. The van der Waals surface area contributed by atoms with Gasteiger partial charge in [0.1, 0.15) is 24.5 Å². The number of hydrogen-bond donors (Lipinski definition) is 3. The van der Waals surface area contributed by atoms with Gasteiger partial charge in [0.15, 0.2) is 0 Å². The summed E-state index contributed by atoms with van der Waals surface area (Å²) in [6.07, 6.45) is -0.404. The predicted molar refractivity (Wildman–Crippen MR) is 102 cm³/mol. The van der Waals surface area contributed by atoms with Crippen molar-refractivity contribution in [1.82, 2.24) is 10.6 Å². The minimum absolute atomic E-state index is 0.00296. The standard InChI is InChI=1S/C20H28N2O6/c1-4-15(23)10-11-16(19(25)26)21-18(24)17(13(2)3)22-20(27)28-12-14-8-6-5-7-9-14/h5-9,13,16-17H,4,10-12H2,1-3H3,(H,21,24)(H,22,27)(H,25,26)/t16-,17-/m1/s1. The highest BCUT2D eigenvalue weighted by molar-refractivity contribution is 5.89. The Morgan fingerprint density at radius 2 is 1.71 bits per heavy atom. The van der Waals surface area contributed by atoms with Gasteiger partial charge in [-0.1, -0.05) is 51.1 Å². The van der Waals surface area contributed by atoms with Crippen molar-refractivity contribution in [3.05, 3.63) is 35.9 Å². The SMILES string of the molecule is CCC(=O)CC[C@@H](NC(=O)[C@H](NC(=O)OCc1ccccc1)C(C)C)C(=O)O. The molecule has 0 radical (unpaired) electrons. The maximum Gasteiger partial charge on any atom is 0.408 e. The van der Waals surface area contributed by atoms with Crippen LogP contribution in [0.25, 0.3) is 0 Å². The zero-order valence-electron chi connectivity index (χ0n) is 16.4. The first-order valence-corrected chi connectivity index (χ1v) is 9.26. The summed E-state index contributed by atoms with van der Waals surface area (Å²) in [5, 5.41) is 14.2. The molecule has 2 atom stereocenters. The van der Waals surface area contributed by atoms with Crippen LogP contribution in [0.4, 0.5) is 4.79 Å². The fourth-order valence-electron chi connectivity index (χ4n) is 2.43. The van der Waals surface area contributed by atoms with Crippen molar-refractivity contribution in [3.8, 4) is 0 Å². The Hall–Kier alpha value is -2.90. The van der Waals surface area contributed by atoms with E-state index in [9.17, 15) is 24.3 Å². The number of carbonyl (C=O) groups excluding carboxylic acids is 3. The van der Waals surface area contributed by atoms with Crippen LogP contribution < -0.4 is 10.6 Å². The van der Waals surface area contributed by atoms with E-state index in [0.717, 1.165) is 5.56 Å². The van der Waals surface area contributed by atoms with Crippen LogP contribution in [-0.4, -0.2) is 40.9 Å². The Labute approximate surface area is 164 Å². The number of Topliss-reactive ketones (excluding diaryl/α,β-unsaturated/α-hetero) is 1. The van der Waals surface area contributed by atoms with Crippen molar-refractivity contribution in [1.29, 1.82) is 0 Å². The van der Waals surface area contributed by atoms with Crippen LogP contribution in [0.5, 0.6) is 0 Å². The van der Waals surface area contributed by atoms with E-state index in [-0.39, 0.29) is 31.1 Å². The van der Waals surface area contributed by atoms with E-state index in [2.05, 4.69) is 10.6 Å². The maximum absolute atomic E-state index is 12.5. The lowest BCUT2D eigenvalue weighted by atomic mass is 10.0. The number of amides is 2. The third kappa shape index (κ3) is 8.20. The summed E-state index contributed by atoms with van der Waals surface area (Å²) < 4.78 is 5.11. The van der Waals surface area contributed by atoms with Gasteiger partial charge in [0.2, 0.25) is 5.91 Å². The fraction of sp³-hybridized carbons (Fsp3) is 0.500. The molecule has 2 amide bonds. The summed E-state index contributed by atoms with van der Waals surface area (Å²) in [5.41, 5.74) is 0.801. The minimum Gasteiger partial charge on any atom is -0.480 e. The van der Waals surface area contributed by atoms with E-state index < -0.39 is 30.1 Å². The molecule has 0 aliphatic heterocycles. The molecule has 3 N–H and O–H groups in total. The van der Waals surface area contributed by atoms with Gasteiger partial charge in [-0.25, -0.2) is 9.59 Å². The van der Waals surface area contributed by atoms with Gasteiger partial charge in [0, 0.05) is 12.8 Å². The molecule has 28 heavy (non-hydrogen) atoms. The molecule has 0 heterocycles. The van der Waals surface area contributed by atoms with Crippen LogP contribution in [0.1, 0.15) is 45.6 Å². The van der Waals surface area contributed by atoms with Crippen LogP contribution in [0.15, 0.2) is 30.3 Å². The quantitative estimate of drug-likeness (QED) is 0.531. The molecule has 8 heteroatoms. The monoisotopic (exact) mass is 392 g/mol. The number of nitrogens with one attached hydrogen (secondary N) is 2. The van der Waals surface area contributed by atoms with Crippen LogP contribution in [0, 0.1) is 5.92 Å². The van der Waals surface area contributed by atoms with Crippen LogP contribution in [0.2, 0.25) is 0 Å². The molecule has 0 fully saturated rings. The van der Waals surface area contributed by atoms with Crippen molar-refractivity contribution in [3.63, 3.8) is 0 Å². The van der Waals surface area contributed by atoms with E-state index in [0.29, 0.717) is 6.42 Å². The second-order valence-corrected chi connectivity index (χ2v) is 6.76. The Morgan fingerprint density at radius 1 is 1.07 bits per heavy atom. The number of ether oxygens (including phenoxy) is 1. The topological polar surface area (TPSA) is 122 Å². The van der Waals surface area contributed by atoms with Gasteiger partial charge in [-0.3, -0.25) is 9.59 Å². The van der Waals surface area contributed by atoms with E-state index >= 15 is 0 Å². The molecule has 1 aromatic carbocycles. The number of hydrogen-bond acceptors (Lipinski definition) is 5. The molecule has 154 valence electrons. The second kappa shape index (κ2) is 11.7. The summed E-state index contributed by atoms with van der Waals surface area (Å²) >= 11 is 0. The van der Waals surface area contributed by atoms with Crippen LogP contribution in [0.3, 0.4) is 0 Å². The third-order valence-corrected chi connectivity index (χ3v) is 4.16. The molecule has 0 saturated heterocycles. The summed E-state index contributed by atoms with van der Waals surface area (Å²) in [6.45, 7) is 5.18. The molecule has 0 bridgehead atoms. The second-order valence-electron chi connectivity index (χ2n) is 6.76. The summed E-state index contributed by atoms with van der Waals surface area (Å²) in [6, 6.07) is 6.91. The van der Waals surface area contributed by atoms with E-state index in [1.165, 1.54) is 0 Å². The Balaban J connectivity index is 2.64. The maximum atomic E-state index is 12.5. The van der Waals surface area contributed by atoms with Gasteiger partial charge >= 0.3 is 12.1 Å². The molecule has 8 nitrogen and oxygen atoms in total. The molecule has 1 aromatic rings. The molecular formula is C20H28N2O6. The molecule has 0 aliphatic carbocycles. The van der Waals surface area contributed by atoms with Crippen molar-refractivity contribution in [2.75, 3.05) is 0 Å². The molecule has 0 spiro atoms. The molecule has 0 saturated carbocycles. The molecule has 0 aliphatic rings. The zero-order chi connectivity index (χ0) is 21.1. The molecule has 0 aromatic heterocycles. The fourth-order valence-corrected chi connectivity index (χ4v) is 2.43. The number of carboxylic acid groups (broad SMARTS) is 1. The van der Waals surface area contributed by atoms with Gasteiger partial charge in [-0.05, 0) is 17.9 Å². The lowest BCUT2D eigenvalue weighted by Crippen LogP contribution is -2.53. The number of carbonyl (C=O) groups is 4. The smallest absolute Gasteiger partial charge is 0.408 e. The summed E-state index contributed by atoms with van der Waals surface area (Å²) in [5.74, 6) is -2.24. The Morgan fingerprint density at radius 3 is 2.25 bits per heavy atom. The minimum atomic E-state index is -1.23. The van der Waals surface area contributed by atoms with Crippen molar-refractivity contribution < 1.29 is 29.0 Å². The van der Waals surface area contributed by atoms with Gasteiger partial charge in [0.05, 0.1) is 0 Å². The number of rotatable bonds is 11. The zero-order valence-corrected chi connectivity index (χ0v) is 16.4. The molecular weight excluding hydrogens is 364 g/mol. The number of aliphatic carboxylic acids is 1. The van der Waals surface area contributed by atoms with Gasteiger partial charge < -0.3 is 20.5 Å². The lowest BCUT2D eigenvalue weighted by molar-refractivity contribution is -0.142. The first-order chi connectivity index (χ1) is 13.2. The van der Waals surface area contributed by atoms with Crippen molar-refractivity contribution in [2.24, 2.45) is 5.92 Å². The van der Waals surface area contributed by atoms with Crippen molar-refractivity contribution >= 4 is 23.8 Å². The van der Waals surface area contributed by atoms with E-state index in [4.69, 9.17) is 4.74 Å². The highest BCUT2D eigenvalue weighted by Crippen LogP contribution is 2.07. The first kappa shape index (κ1) is 23.1. The van der Waals surface area contributed by atoms with Gasteiger partial charge in [-0.15, -0.1) is 0 Å². The van der Waals surface area contributed by atoms with E-state index in [1.54, 1.807) is 32.9 Å². The van der Waals surface area contributed by atoms with Crippen molar-refractivity contribution in [2.45, 2.75) is 58.7 Å². The lowest BCUT2D eigenvalue weighted by Gasteiger charge is -2.23. The number of ketones is 1. The largest absolute Gasteiger partial charge is 0.480 e. The van der Waals surface area contributed by atoms with Gasteiger partial charge in [0.25, 0.3) is 0 Å². The van der Waals surface area contributed by atoms with E-state index in [1.807, 2.05) is 18.2 Å². The van der Waals surface area contributed by atoms with Crippen LogP contribution >= 0.6 is 0 Å². The van der Waals surface area contributed by atoms with Crippen LogP contribution in [-0.2, 0) is 25.7 Å².